The Hall–Kier alpha value is -4.20. The zero-order valence-corrected chi connectivity index (χ0v) is 31.6. The molecule has 290 valence electrons. The minimum atomic E-state index is -1.16. The molecule has 5 atom stereocenters. The van der Waals surface area contributed by atoms with Crippen molar-refractivity contribution >= 4 is 29.4 Å². The molecular formula is C40H56FN5O7. The van der Waals surface area contributed by atoms with Gasteiger partial charge in [-0.15, -0.1) is 0 Å². The van der Waals surface area contributed by atoms with Crippen molar-refractivity contribution in [1.29, 1.82) is 0 Å². The average molecular weight is 738 g/mol. The molecule has 2 aliphatic heterocycles. The van der Waals surface area contributed by atoms with Crippen LogP contribution in [0.3, 0.4) is 0 Å². The van der Waals surface area contributed by atoms with Gasteiger partial charge in [-0.2, -0.15) is 0 Å². The molecule has 0 unspecified atom stereocenters. The van der Waals surface area contributed by atoms with Gasteiger partial charge >= 0.3 is 0 Å². The molecule has 2 fully saturated rings. The van der Waals surface area contributed by atoms with Crippen LogP contribution in [0, 0.1) is 17.7 Å². The number of carbonyl (C=O) groups is 5. The van der Waals surface area contributed by atoms with Gasteiger partial charge in [0.05, 0.1) is 32.4 Å². The van der Waals surface area contributed by atoms with Gasteiger partial charge in [0, 0.05) is 19.5 Å². The zero-order valence-electron chi connectivity index (χ0n) is 31.6. The number of amides is 4. The van der Waals surface area contributed by atoms with Crippen LogP contribution in [0.2, 0.25) is 0 Å². The Kier molecular flexibility index (Phi) is 15.5. The number of nitrogens with one attached hydrogen (secondary N) is 4. The fourth-order valence-electron chi connectivity index (χ4n) is 6.33. The van der Waals surface area contributed by atoms with Gasteiger partial charge in [-0.25, -0.2) is 4.39 Å². The Morgan fingerprint density at radius 1 is 0.736 bits per heavy atom. The normalized spacial score (nSPS) is 19.5. The van der Waals surface area contributed by atoms with E-state index in [9.17, 15) is 28.4 Å². The molecular weight excluding hydrogens is 681 g/mol. The van der Waals surface area contributed by atoms with Crippen molar-refractivity contribution in [1.82, 2.24) is 26.2 Å². The quantitative estimate of drug-likeness (QED) is 0.151. The number of carbonyl (C=O) groups excluding carboxylic acids is 5. The van der Waals surface area contributed by atoms with Gasteiger partial charge in [0.2, 0.25) is 23.6 Å². The van der Waals surface area contributed by atoms with Gasteiger partial charge in [0.1, 0.15) is 29.5 Å². The standard InChI is InChI=1S/C40H56FN5O7/c1-26(2)21-32(36(48)40(5)25-53-40)43-39(51)34(23-29-11-14-30(41)15-12-29)45-38(50)33(22-27(3)4)44-37(49)31(16-13-28-9-7-6-8-10-28)42-35(47)24-46-17-19-52-20-18-46/h6-12,14-15,26-27,31-34H,13,16-25H2,1-5H3,(H,42,47)(H,43,51)(H,44,49)(H,45,50)/t31-,32-,33-,34-,40+/m0/s1. The summed E-state index contributed by atoms with van der Waals surface area (Å²) < 4.78 is 24.6. The van der Waals surface area contributed by atoms with Crippen LogP contribution in [-0.4, -0.2) is 104 Å². The van der Waals surface area contributed by atoms with E-state index in [1.165, 1.54) is 24.3 Å². The number of aryl methyl sites for hydroxylation is 1. The lowest BCUT2D eigenvalue weighted by molar-refractivity contribution is -0.135. The smallest absolute Gasteiger partial charge is 0.243 e. The maximum absolute atomic E-state index is 14.1. The molecule has 0 spiro atoms. The number of rotatable bonds is 20. The summed E-state index contributed by atoms with van der Waals surface area (Å²) in [7, 11) is 0. The van der Waals surface area contributed by atoms with Crippen LogP contribution in [0.5, 0.6) is 0 Å². The zero-order chi connectivity index (χ0) is 38.5. The summed E-state index contributed by atoms with van der Waals surface area (Å²) >= 11 is 0. The molecule has 2 aromatic rings. The summed E-state index contributed by atoms with van der Waals surface area (Å²) in [5.74, 6) is -2.65. The first kappa shape index (κ1) is 41.6. The van der Waals surface area contributed by atoms with E-state index < -0.39 is 53.3 Å². The summed E-state index contributed by atoms with van der Waals surface area (Å²) in [5, 5.41) is 11.4. The van der Waals surface area contributed by atoms with Gasteiger partial charge in [0.25, 0.3) is 0 Å². The number of hydrogen-bond donors (Lipinski definition) is 4. The maximum Gasteiger partial charge on any atom is 0.243 e. The van der Waals surface area contributed by atoms with Crippen LogP contribution < -0.4 is 21.3 Å². The first-order valence-electron chi connectivity index (χ1n) is 18.7. The topological polar surface area (TPSA) is 158 Å². The molecule has 2 heterocycles. The highest BCUT2D eigenvalue weighted by Crippen LogP contribution is 2.29. The molecule has 53 heavy (non-hydrogen) atoms. The predicted molar refractivity (Wildman–Crippen MR) is 198 cm³/mol. The molecule has 4 N–H and O–H groups in total. The van der Waals surface area contributed by atoms with E-state index in [0.717, 1.165) is 5.56 Å². The van der Waals surface area contributed by atoms with Crippen molar-refractivity contribution in [2.24, 2.45) is 11.8 Å². The van der Waals surface area contributed by atoms with E-state index in [1.54, 1.807) is 6.92 Å². The number of ether oxygens (including phenoxy) is 2. The first-order chi connectivity index (χ1) is 25.2. The number of Topliss-reactive ketones (excluding diaryl/α,β-unsaturated/α-hetero) is 1. The number of ketones is 1. The molecule has 0 aliphatic carbocycles. The summed E-state index contributed by atoms with van der Waals surface area (Å²) in [6, 6.07) is 11.2. The summed E-state index contributed by atoms with van der Waals surface area (Å²) in [4.78, 5) is 70.4. The maximum atomic E-state index is 14.1. The van der Waals surface area contributed by atoms with Crippen molar-refractivity contribution < 1.29 is 37.8 Å². The van der Waals surface area contributed by atoms with Crippen molar-refractivity contribution in [3.63, 3.8) is 0 Å². The summed E-state index contributed by atoms with van der Waals surface area (Å²) in [6.45, 7) is 12.0. The fourth-order valence-corrected chi connectivity index (χ4v) is 6.33. The van der Waals surface area contributed by atoms with E-state index in [2.05, 4.69) is 21.3 Å². The molecule has 13 heteroatoms. The molecule has 0 radical (unpaired) electrons. The molecule has 2 aliphatic rings. The Bertz CT molecular complexity index is 1530. The molecule has 12 nitrogen and oxygen atoms in total. The largest absolute Gasteiger partial charge is 0.379 e. The monoisotopic (exact) mass is 737 g/mol. The number of nitrogens with zero attached hydrogens (tertiary/aromatic N) is 1. The van der Waals surface area contributed by atoms with Gasteiger partial charge in [-0.1, -0.05) is 70.2 Å². The Labute approximate surface area is 312 Å². The third-order valence-electron chi connectivity index (χ3n) is 9.45. The highest BCUT2D eigenvalue weighted by atomic mass is 19.1. The Morgan fingerprint density at radius 3 is 1.89 bits per heavy atom. The lowest BCUT2D eigenvalue weighted by atomic mass is 9.93. The molecule has 0 saturated carbocycles. The van der Waals surface area contributed by atoms with Gasteiger partial charge in [0.15, 0.2) is 5.78 Å². The van der Waals surface area contributed by atoms with E-state index in [1.807, 2.05) is 62.9 Å². The number of halogens is 1. The summed E-state index contributed by atoms with van der Waals surface area (Å²) in [5.41, 5.74) is 0.615. The van der Waals surface area contributed by atoms with E-state index in [-0.39, 0.29) is 49.5 Å². The lowest BCUT2D eigenvalue weighted by Gasteiger charge is -2.29. The second-order valence-electron chi connectivity index (χ2n) is 15.2. The van der Waals surface area contributed by atoms with Crippen molar-refractivity contribution in [2.45, 2.75) is 96.5 Å². The van der Waals surface area contributed by atoms with Crippen LogP contribution in [0.15, 0.2) is 54.6 Å². The second kappa shape index (κ2) is 19.8. The lowest BCUT2D eigenvalue weighted by Crippen LogP contribution is -2.59. The van der Waals surface area contributed by atoms with Gasteiger partial charge in [-0.05, 0) is 67.7 Å². The van der Waals surface area contributed by atoms with E-state index in [4.69, 9.17) is 9.47 Å². The summed E-state index contributed by atoms with van der Waals surface area (Å²) in [6.07, 6.45) is 1.43. The van der Waals surface area contributed by atoms with E-state index >= 15 is 0 Å². The molecule has 2 aromatic carbocycles. The molecule has 0 aromatic heterocycles. The predicted octanol–water partition coefficient (Wildman–Crippen LogP) is 2.72. The first-order valence-corrected chi connectivity index (χ1v) is 18.7. The van der Waals surface area contributed by atoms with Crippen LogP contribution in [-0.2, 0) is 46.3 Å². The highest BCUT2D eigenvalue weighted by Gasteiger charge is 2.50. The molecule has 2 saturated heterocycles. The number of epoxide rings is 1. The Balaban J connectivity index is 1.52. The third kappa shape index (κ3) is 13.6. The van der Waals surface area contributed by atoms with Crippen molar-refractivity contribution in [3.8, 4) is 0 Å². The van der Waals surface area contributed by atoms with Crippen molar-refractivity contribution in [3.05, 3.63) is 71.5 Å². The second-order valence-corrected chi connectivity index (χ2v) is 15.2. The SMILES string of the molecule is CC(C)C[C@H](NC(=O)[C@H](CCc1ccccc1)NC(=O)CN1CCOCC1)C(=O)N[C@@H](Cc1ccc(F)cc1)C(=O)N[C@@H](CC(C)C)C(=O)[C@@]1(C)CO1. The minimum absolute atomic E-state index is 0.00779. The van der Waals surface area contributed by atoms with Crippen LogP contribution in [0.4, 0.5) is 4.39 Å². The number of benzene rings is 2. The van der Waals surface area contributed by atoms with Gasteiger partial charge in [-0.3, -0.25) is 28.9 Å². The highest BCUT2D eigenvalue weighted by molar-refractivity contribution is 5.98. The Morgan fingerprint density at radius 2 is 1.28 bits per heavy atom. The fraction of sp³-hybridized carbons (Fsp3) is 0.575. The number of morpholine rings is 1. The van der Waals surface area contributed by atoms with Crippen LogP contribution >= 0.6 is 0 Å². The van der Waals surface area contributed by atoms with Gasteiger partial charge < -0.3 is 30.7 Å². The third-order valence-corrected chi connectivity index (χ3v) is 9.45. The average Bonchev–Trinajstić information content (AvgIpc) is 3.88. The molecule has 4 amide bonds. The van der Waals surface area contributed by atoms with E-state index in [0.29, 0.717) is 51.1 Å². The van der Waals surface area contributed by atoms with Crippen molar-refractivity contribution in [2.75, 3.05) is 39.5 Å². The number of hydrogen-bond acceptors (Lipinski definition) is 8. The van der Waals surface area contributed by atoms with Crippen LogP contribution in [0.1, 0.15) is 65.0 Å². The molecule has 0 bridgehead atoms. The minimum Gasteiger partial charge on any atom is -0.379 e. The molecule has 4 rings (SSSR count). The van der Waals surface area contributed by atoms with Crippen LogP contribution in [0.25, 0.3) is 0 Å².